The van der Waals surface area contributed by atoms with Gasteiger partial charge in [0.25, 0.3) is 0 Å². The van der Waals surface area contributed by atoms with Crippen molar-refractivity contribution in [3.63, 3.8) is 0 Å². The first-order valence-electron chi connectivity index (χ1n) is 7.52. The first-order valence-corrected chi connectivity index (χ1v) is 7.52. The van der Waals surface area contributed by atoms with E-state index in [-0.39, 0.29) is 5.92 Å². The molecule has 0 saturated carbocycles. The Bertz CT molecular complexity index is 265. The maximum absolute atomic E-state index is 12.7. The average Bonchev–Trinajstić information content (AvgIpc) is 2.51. The Morgan fingerprint density at radius 1 is 0.833 bits per heavy atom. The molecule has 0 N–H and O–H groups in total. The Morgan fingerprint density at radius 3 is 1.61 bits per heavy atom. The fourth-order valence-electron chi connectivity index (χ4n) is 3.78. The molecule has 1 aliphatic heterocycles. The van der Waals surface area contributed by atoms with Gasteiger partial charge in [-0.15, -0.1) is 0 Å². The summed E-state index contributed by atoms with van der Waals surface area (Å²) in [6.45, 7) is 17.7. The molecule has 1 saturated heterocycles. The van der Waals surface area contributed by atoms with Gasteiger partial charge in [0.05, 0.1) is 0 Å². The number of rotatable bonds is 4. The summed E-state index contributed by atoms with van der Waals surface area (Å²) in [5.74, 6) is 2.64. The van der Waals surface area contributed by atoms with E-state index in [4.69, 9.17) is 0 Å². The molecule has 2 heteroatoms. The van der Waals surface area contributed by atoms with Gasteiger partial charge in [-0.25, -0.2) is 0 Å². The fourth-order valence-corrected chi connectivity index (χ4v) is 3.78. The highest BCUT2D eigenvalue weighted by atomic mass is 16.2. The normalized spacial score (nSPS) is 29.4. The molecule has 3 unspecified atom stereocenters. The van der Waals surface area contributed by atoms with Gasteiger partial charge in [0, 0.05) is 18.0 Å². The number of carbonyl (C=O) groups is 1. The van der Waals surface area contributed by atoms with Gasteiger partial charge in [-0.05, 0) is 37.5 Å². The summed E-state index contributed by atoms with van der Waals surface area (Å²) in [4.78, 5) is 14.9. The van der Waals surface area contributed by atoms with Gasteiger partial charge in [-0.1, -0.05) is 41.5 Å². The number of amides is 1. The lowest BCUT2D eigenvalue weighted by Crippen LogP contribution is -2.44. The molecule has 1 amide bonds. The second kappa shape index (κ2) is 5.63. The summed E-state index contributed by atoms with van der Waals surface area (Å²) in [6, 6.07) is 0.722. The quantitative estimate of drug-likeness (QED) is 0.746. The number of carbonyl (C=O) groups excluding carboxylic acids is 1. The molecule has 1 rings (SSSR count). The van der Waals surface area contributed by atoms with Crippen LogP contribution in [0.2, 0.25) is 0 Å². The van der Waals surface area contributed by atoms with Crippen molar-refractivity contribution in [3.05, 3.63) is 0 Å². The summed E-state index contributed by atoms with van der Waals surface area (Å²) in [5.41, 5.74) is 0. The lowest BCUT2D eigenvalue weighted by atomic mass is 9.73. The third kappa shape index (κ3) is 2.57. The summed E-state index contributed by atoms with van der Waals surface area (Å²) >= 11 is 0. The van der Waals surface area contributed by atoms with Crippen LogP contribution in [0.1, 0.15) is 55.4 Å². The highest BCUT2D eigenvalue weighted by Crippen LogP contribution is 2.43. The van der Waals surface area contributed by atoms with Gasteiger partial charge >= 0.3 is 0 Å². The Morgan fingerprint density at radius 2 is 1.33 bits per heavy atom. The average molecular weight is 253 g/mol. The fraction of sp³-hybridized carbons (Fsp3) is 0.938. The third-order valence-electron chi connectivity index (χ3n) is 4.40. The molecule has 18 heavy (non-hydrogen) atoms. The molecule has 0 aromatic carbocycles. The lowest BCUT2D eigenvalue weighted by molar-refractivity contribution is -0.135. The highest BCUT2D eigenvalue weighted by Gasteiger charge is 2.51. The van der Waals surface area contributed by atoms with Gasteiger partial charge in [-0.2, -0.15) is 0 Å². The van der Waals surface area contributed by atoms with Crippen LogP contribution >= 0.6 is 0 Å². The van der Waals surface area contributed by atoms with Crippen LogP contribution in [-0.4, -0.2) is 22.9 Å². The maximum Gasteiger partial charge on any atom is 0.226 e. The number of hydrogen-bond donors (Lipinski definition) is 0. The minimum atomic E-state index is 0.208. The first kappa shape index (κ1) is 15.5. The van der Waals surface area contributed by atoms with Crippen molar-refractivity contribution in [2.75, 3.05) is 0 Å². The maximum atomic E-state index is 12.7. The molecule has 106 valence electrons. The predicted molar refractivity (Wildman–Crippen MR) is 77.3 cm³/mol. The smallest absolute Gasteiger partial charge is 0.226 e. The van der Waals surface area contributed by atoms with Gasteiger partial charge in [0.2, 0.25) is 5.91 Å². The Kier molecular flexibility index (Phi) is 4.85. The molecule has 1 heterocycles. The minimum absolute atomic E-state index is 0.208. The molecular formula is C16H31NO. The van der Waals surface area contributed by atoms with Gasteiger partial charge in [0.15, 0.2) is 0 Å². The van der Waals surface area contributed by atoms with Crippen LogP contribution in [0.15, 0.2) is 0 Å². The van der Waals surface area contributed by atoms with E-state index in [0.29, 0.717) is 41.7 Å². The van der Waals surface area contributed by atoms with Crippen LogP contribution in [-0.2, 0) is 4.79 Å². The van der Waals surface area contributed by atoms with Crippen molar-refractivity contribution < 1.29 is 4.79 Å². The minimum Gasteiger partial charge on any atom is -0.336 e. The van der Waals surface area contributed by atoms with Crippen LogP contribution < -0.4 is 0 Å². The van der Waals surface area contributed by atoms with Crippen LogP contribution in [0.5, 0.6) is 0 Å². The molecule has 0 radical (unpaired) electrons. The lowest BCUT2D eigenvalue weighted by Gasteiger charge is -2.36. The Hall–Kier alpha value is -0.530. The first-order chi connectivity index (χ1) is 8.20. The van der Waals surface area contributed by atoms with Crippen molar-refractivity contribution in [1.82, 2.24) is 4.90 Å². The topological polar surface area (TPSA) is 20.3 Å². The predicted octanol–water partition coefficient (Wildman–Crippen LogP) is 3.81. The zero-order valence-corrected chi connectivity index (χ0v) is 13.4. The van der Waals surface area contributed by atoms with Crippen LogP contribution in [0, 0.1) is 29.6 Å². The van der Waals surface area contributed by atoms with E-state index in [1.54, 1.807) is 0 Å². The van der Waals surface area contributed by atoms with E-state index in [1.165, 1.54) is 0 Å². The molecule has 0 spiro atoms. The molecule has 0 aromatic rings. The number of hydrogen-bond acceptors (Lipinski definition) is 1. The monoisotopic (exact) mass is 253 g/mol. The standard InChI is InChI=1S/C16H31NO/c1-9(2)13-14(10(3)4)16(18)17(12(7)8)15(13)11(5)6/h9-15H,1-8H3. The van der Waals surface area contributed by atoms with Crippen molar-refractivity contribution in [3.8, 4) is 0 Å². The second-order valence-electron chi connectivity index (χ2n) is 7.17. The molecule has 0 aromatic heterocycles. The Labute approximate surface area is 113 Å². The molecule has 3 atom stereocenters. The summed E-state index contributed by atoms with van der Waals surface area (Å²) < 4.78 is 0. The van der Waals surface area contributed by atoms with Gasteiger partial charge in [0.1, 0.15) is 0 Å². The molecule has 1 fully saturated rings. The largest absolute Gasteiger partial charge is 0.336 e. The molecule has 2 nitrogen and oxygen atoms in total. The van der Waals surface area contributed by atoms with Crippen molar-refractivity contribution in [2.24, 2.45) is 29.6 Å². The molecule has 0 aliphatic carbocycles. The van der Waals surface area contributed by atoms with E-state index >= 15 is 0 Å². The van der Waals surface area contributed by atoms with E-state index < -0.39 is 0 Å². The molecule has 1 aliphatic rings. The summed E-state index contributed by atoms with van der Waals surface area (Å²) in [7, 11) is 0. The number of likely N-dealkylation sites (tertiary alicyclic amines) is 1. The third-order valence-corrected chi connectivity index (χ3v) is 4.40. The summed E-state index contributed by atoms with van der Waals surface area (Å²) in [6.07, 6.45) is 0. The van der Waals surface area contributed by atoms with Crippen molar-refractivity contribution >= 4 is 5.91 Å². The highest BCUT2D eigenvalue weighted by molar-refractivity contribution is 5.82. The second-order valence-corrected chi connectivity index (χ2v) is 7.17. The van der Waals surface area contributed by atoms with E-state index in [2.05, 4.69) is 60.3 Å². The zero-order valence-electron chi connectivity index (χ0n) is 13.4. The summed E-state index contributed by atoms with van der Waals surface area (Å²) in [5, 5.41) is 0. The van der Waals surface area contributed by atoms with Crippen LogP contribution in [0.25, 0.3) is 0 Å². The van der Waals surface area contributed by atoms with Crippen molar-refractivity contribution in [2.45, 2.75) is 67.5 Å². The SMILES string of the molecule is CC(C)C1C(=O)N(C(C)C)C(C(C)C)C1C(C)C. The van der Waals surface area contributed by atoms with E-state index in [1.807, 2.05) is 0 Å². The zero-order chi connectivity index (χ0) is 14.2. The van der Waals surface area contributed by atoms with E-state index in [9.17, 15) is 4.79 Å². The van der Waals surface area contributed by atoms with Crippen LogP contribution in [0.4, 0.5) is 0 Å². The van der Waals surface area contributed by atoms with Crippen molar-refractivity contribution in [1.29, 1.82) is 0 Å². The molecule has 0 bridgehead atoms. The van der Waals surface area contributed by atoms with Gasteiger partial charge in [-0.3, -0.25) is 4.79 Å². The van der Waals surface area contributed by atoms with Crippen LogP contribution in [0.3, 0.4) is 0 Å². The van der Waals surface area contributed by atoms with E-state index in [0.717, 1.165) is 0 Å². The molecular weight excluding hydrogens is 222 g/mol. The van der Waals surface area contributed by atoms with Gasteiger partial charge < -0.3 is 4.90 Å². The Balaban J connectivity index is 3.20. The number of nitrogens with zero attached hydrogens (tertiary/aromatic N) is 1.